The highest BCUT2D eigenvalue weighted by Crippen LogP contribution is 2.44. The molecule has 15 heavy (non-hydrogen) atoms. The van der Waals surface area contributed by atoms with E-state index in [2.05, 4.69) is 33.0 Å². The van der Waals surface area contributed by atoms with Crippen molar-refractivity contribution in [2.75, 3.05) is 13.1 Å². The Kier molecular flexibility index (Phi) is 3.44. The number of nitrogens with two attached hydrogens (primary N) is 1. The molecule has 0 spiro atoms. The third kappa shape index (κ3) is 2.94. The second-order valence-electron chi connectivity index (χ2n) is 5.96. The Morgan fingerprint density at radius 1 is 1.47 bits per heavy atom. The molecule has 88 valence electrons. The molecule has 1 fully saturated rings. The van der Waals surface area contributed by atoms with Crippen LogP contribution in [0.25, 0.3) is 0 Å². The van der Waals surface area contributed by atoms with E-state index >= 15 is 0 Å². The molecule has 1 unspecified atom stereocenters. The van der Waals surface area contributed by atoms with Gasteiger partial charge in [0.2, 0.25) is 5.91 Å². The zero-order chi connectivity index (χ0) is 11.7. The molecule has 3 N–H and O–H groups in total. The van der Waals surface area contributed by atoms with Crippen molar-refractivity contribution < 1.29 is 4.79 Å². The molecule has 1 aliphatic rings. The van der Waals surface area contributed by atoms with Crippen LogP contribution in [0, 0.1) is 16.7 Å². The van der Waals surface area contributed by atoms with Crippen LogP contribution >= 0.6 is 0 Å². The Bertz CT molecular complexity index is 238. The molecular weight excluding hydrogens is 188 g/mol. The van der Waals surface area contributed by atoms with Gasteiger partial charge in [-0.2, -0.15) is 0 Å². The summed E-state index contributed by atoms with van der Waals surface area (Å²) >= 11 is 0. The summed E-state index contributed by atoms with van der Waals surface area (Å²) in [7, 11) is 0. The number of rotatable bonds is 4. The summed E-state index contributed by atoms with van der Waals surface area (Å²) < 4.78 is 0. The van der Waals surface area contributed by atoms with Crippen LogP contribution in [-0.2, 0) is 4.79 Å². The summed E-state index contributed by atoms with van der Waals surface area (Å²) in [5.74, 6) is 0.635. The van der Waals surface area contributed by atoms with Gasteiger partial charge in [0.05, 0.1) is 5.41 Å². The Morgan fingerprint density at radius 3 is 2.33 bits per heavy atom. The summed E-state index contributed by atoms with van der Waals surface area (Å²) in [6.07, 6.45) is 1.92. The van der Waals surface area contributed by atoms with Crippen molar-refractivity contribution >= 4 is 5.91 Å². The van der Waals surface area contributed by atoms with Gasteiger partial charge in [-0.15, -0.1) is 0 Å². The molecule has 0 aromatic rings. The van der Waals surface area contributed by atoms with Crippen LogP contribution in [0.1, 0.15) is 40.5 Å². The van der Waals surface area contributed by atoms with E-state index in [4.69, 9.17) is 5.73 Å². The molecule has 3 heteroatoms. The lowest BCUT2D eigenvalue weighted by molar-refractivity contribution is -0.126. The average molecular weight is 212 g/mol. The number of carbonyl (C=O) groups is 1. The van der Waals surface area contributed by atoms with E-state index in [-0.39, 0.29) is 16.7 Å². The van der Waals surface area contributed by atoms with Crippen molar-refractivity contribution in [1.82, 2.24) is 5.32 Å². The number of hydrogen-bond acceptors (Lipinski definition) is 2. The lowest BCUT2D eigenvalue weighted by Crippen LogP contribution is -2.40. The van der Waals surface area contributed by atoms with E-state index in [0.717, 1.165) is 19.4 Å². The van der Waals surface area contributed by atoms with E-state index in [9.17, 15) is 4.79 Å². The van der Waals surface area contributed by atoms with Gasteiger partial charge in [-0.3, -0.25) is 4.79 Å². The maximum Gasteiger partial charge on any atom is 0.227 e. The van der Waals surface area contributed by atoms with Crippen LogP contribution in [0.2, 0.25) is 0 Å². The van der Waals surface area contributed by atoms with Crippen molar-refractivity contribution in [1.29, 1.82) is 0 Å². The number of nitrogens with one attached hydrogen (secondary N) is 1. The number of amides is 1. The van der Waals surface area contributed by atoms with Crippen LogP contribution in [0.5, 0.6) is 0 Å². The SMILES string of the molecule is CC(CNC(=O)C1(CN)CC1)C(C)(C)C. The van der Waals surface area contributed by atoms with E-state index in [1.165, 1.54) is 0 Å². The van der Waals surface area contributed by atoms with Crippen LogP contribution in [0.15, 0.2) is 0 Å². The molecule has 0 heterocycles. The molecule has 1 atom stereocenters. The Hall–Kier alpha value is -0.570. The van der Waals surface area contributed by atoms with Crippen molar-refractivity contribution in [3.63, 3.8) is 0 Å². The average Bonchev–Trinajstić information content (AvgIpc) is 2.92. The lowest BCUT2D eigenvalue weighted by atomic mass is 9.82. The second kappa shape index (κ2) is 4.12. The van der Waals surface area contributed by atoms with Gasteiger partial charge in [-0.25, -0.2) is 0 Å². The Labute approximate surface area is 92.8 Å². The molecule has 1 saturated carbocycles. The first-order valence-electron chi connectivity index (χ1n) is 5.80. The number of carbonyl (C=O) groups excluding carboxylic acids is 1. The van der Waals surface area contributed by atoms with Crippen molar-refractivity contribution in [3.05, 3.63) is 0 Å². The van der Waals surface area contributed by atoms with Gasteiger partial charge in [0, 0.05) is 13.1 Å². The monoisotopic (exact) mass is 212 g/mol. The lowest BCUT2D eigenvalue weighted by Gasteiger charge is -2.28. The predicted molar refractivity (Wildman–Crippen MR) is 62.4 cm³/mol. The van der Waals surface area contributed by atoms with Crippen LogP contribution < -0.4 is 11.1 Å². The Morgan fingerprint density at radius 2 is 2.00 bits per heavy atom. The molecule has 1 rings (SSSR count). The third-order valence-corrected chi connectivity index (χ3v) is 3.77. The van der Waals surface area contributed by atoms with Crippen molar-refractivity contribution in [2.24, 2.45) is 22.5 Å². The molecule has 1 aliphatic carbocycles. The molecule has 0 saturated heterocycles. The molecule has 0 bridgehead atoms. The first-order chi connectivity index (χ1) is 6.82. The first kappa shape index (κ1) is 12.5. The van der Waals surface area contributed by atoms with E-state index < -0.39 is 0 Å². The van der Waals surface area contributed by atoms with E-state index in [1.807, 2.05) is 0 Å². The van der Waals surface area contributed by atoms with Gasteiger partial charge in [0.1, 0.15) is 0 Å². The van der Waals surface area contributed by atoms with Crippen molar-refractivity contribution in [2.45, 2.75) is 40.5 Å². The standard InChI is InChI=1S/C12H24N2O/c1-9(11(2,3)4)7-14-10(15)12(8-13)5-6-12/h9H,5-8,13H2,1-4H3,(H,14,15). The number of hydrogen-bond donors (Lipinski definition) is 2. The summed E-state index contributed by atoms with van der Waals surface area (Å²) in [4.78, 5) is 11.8. The fourth-order valence-corrected chi connectivity index (χ4v) is 1.41. The van der Waals surface area contributed by atoms with Gasteiger partial charge in [-0.05, 0) is 24.2 Å². The molecule has 0 radical (unpaired) electrons. The molecular formula is C12H24N2O. The highest BCUT2D eigenvalue weighted by atomic mass is 16.2. The minimum Gasteiger partial charge on any atom is -0.355 e. The van der Waals surface area contributed by atoms with Gasteiger partial charge in [-0.1, -0.05) is 27.7 Å². The molecule has 0 aromatic heterocycles. The molecule has 3 nitrogen and oxygen atoms in total. The zero-order valence-corrected chi connectivity index (χ0v) is 10.4. The second-order valence-corrected chi connectivity index (χ2v) is 5.96. The maximum absolute atomic E-state index is 11.8. The highest BCUT2D eigenvalue weighted by Gasteiger charge is 2.48. The quantitative estimate of drug-likeness (QED) is 0.742. The molecule has 1 amide bonds. The summed E-state index contributed by atoms with van der Waals surface area (Å²) in [6, 6.07) is 0. The van der Waals surface area contributed by atoms with Crippen molar-refractivity contribution in [3.8, 4) is 0 Å². The third-order valence-electron chi connectivity index (χ3n) is 3.77. The molecule has 0 aromatic carbocycles. The smallest absolute Gasteiger partial charge is 0.227 e. The van der Waals surface area contributed by atoms with Gasteiger partial charge >= 0.3 is 0 Å². The summed E-state index contributed by atoms with van der Waals surface area (Å²) in [6.45, 7) is 9.99. The van der Waals surface area contributed by atoms with Crippen LogP contribution in [0.3, 0.4) is 0 Å². The maximum atomic E-state index is 11.8. The van der Waals surface area contributed by atoms with Gasteiger partial charge in [0.15, 0.2) is 0 Å². The Balaban J connectivity index is 2.35. The topological polar surface area (TPSA) is 55.1 Å². The minimum atomic E-state index is -0.211. The normalized spacial score (nSPS) is 20.9. The zero-order valence-electron chi connectivity index (χ0n) is 10.4. The summed E-state index contributed by atoms with van der Waals surface area (Å²) in [5.41, 5.74) is 5.63. The van der Waals surface area contributed by atoms with Crippen LogP contribution in [-0.4, -0.2) is 19.0 Å². The van der Waals surface area contributed by atoms with Gasteiger partial charge in [0.25, 0.3) is 0 Å². The van der Waals surface area contributed by atoms with E-state index in [1.54, 1.807) is 0 Å². The first-order valence-corrected chi connectivity index (χ1v) is 5.80. The fraction of sp³-hybridized carbons (Fsp3) is 0.917. The largest absolute Gasteiger partial charge is 0.355 e. The van der Waals surface area contributed by atoms with Gasteiger partial charge < -0.3 is 11.1 Å². The summed E-state index contributed by atoms with van der Waals surface area (Å²) in [5, 5.41) is 3.02. The fourth-order valence-electron chi connectivity index (χ4n) is 1.41. The minimum absolute atomic E-state index is 0.154. The highest BCUT2D eigenvalue weighted by molar-refractivity contribution is 5.85. The molecule has 0 aliphatic heterocycles. The predicted octanol–water partition coefficient (Wildman–Crippen LogP) is 1.52. The van der Waals surface area contributed by atoms with E-state index in [0.29, 0.717) is 12.5 Å². The van der Waals surface area contributed by atoms with Crippen LogP contribution in [0.4, 0.5) is 0 Å².